The summed E-state index contributed by atoms with van der Waals surface area (Å²) >= 11 is 6.25. The molecule has 0 aliphatic carbocycles. The van der Waals surface area contributed by atoms with E-state index < -0.39 is 5.97 Å². The Balaban J connectivity index is 0.00000264. The van der Waals surface area contributed by atoms with Crippen LogP contribution in [0.3, 0.4) is 0 Å². The summed E-state index contributed by atoms with van der Waals surface area (Å²) < 4.78 is 0. The van der Waals surface area contributed by atoms with Crippen molar-refractivity contribution in [1.82, 2.24) is 0 Å². The van der Waals surface area contributed by atoms with Gasteiger partial charge in [-0.15, -0.1) is 12.4 Å². The van der Waals surface area contributed by atoms with E-state index >= 15 is 0 Å². The highest BCUT2D eigenvalue weighted by Crippen LogP contribution is 2.32. The van der Waals surface area contributed by atoms with Gasteiger partial charge in [-0.05, 0) is 41.9 Å². The van der Waals surface area contributed by atoms with Crippen LogP contribution in [-0.2, 0) is 4.79 Å². The number of carboxylic acids is 1. The van der Waals surface area contributed by atoms with Crippen LogP contribution in [0.1, 0.15) is 23.5 Å². The highest BCUT2D eigenvalue weighted by Gasteiger charge is 2.16. The van der Waals surface area contributed by atoms with Crippen LogP contribution >= 0.6 is 24.0 Å². The molecule has 0 radical (unpaired) electrons. The zero-order valence-corrected chi connectivity index (χ0v) is 13.8. The molecule has 3 N–H and O–H groups in total. The summed E-state index contributed by atoms with van der Waals surface area (Å²) in [5.41, 5.74) is 8.63. The molecule has 0 fully saturated rings. The molecular formula is C17H16Cl2N2O2. The second kappa shape index (κ2) is 8.54. The quantitative estimate of drug-likeness (QED) is 0.857. The lowest BCUT2D eigenvalue weighted by Gasteiger charge is -2.15. The van der Waals surface area contributed by atoms with Gasteiger partial charge in [0.1, 0.15) is 0 Å². The predicted octanol–water partition coefficient (Wildman–Crippen LogP) is 3.82. The minimum atomic E-state index is -0.890. The molecule has 0 aliphatic heterocycles. The van der Waals surface area contributed by atoms with E-state index in [1.165, 1.54) is 0 Å². The molecule has 4 nitrogen and oxygen atoms in total. The summed E-state index contributed by atoms with van der Waals surface area (Å²) in [7, 11) is 0. The van der Waals surface area contributed by atoms with E-state index in [9.17, 15) is 4.79 Å². The van der Waals surface area contributed by atoms with Crippen molar-refractivity contribution >= 4 is 30.0 Å². The molecule has 0 aromatic heterocycles. The molecule has 0 spiro atoms. The van der Waals surface area contributed by atoms with Gasteiger partial charge in [-0.25, -0.2) is 0 Å². The summed E-state index contributed by atoms with van der Waals surface area (Å²) in [6, 6.07) is 14.6. The van der Waals surface area contributed by atoms with E-state index in [2.05, 4.69) is 6.07 Å². The van der Waals surface area contributed by atoms with Crippen LogP contribution in [0.5, 0.6) is 0 Å². The Morgan fingerprint density at radius 3 is 2.65 bits per heavy atom. The fraction of sp³-hybridized carbons (Fsp3) is 0.176. The molecule has 2 aromatic carbocycles. The van der Waals surface area contributed by atoms with Crippen LogP contribution in [0.15, 0.2) is 42.5 Å². The van der Waals surface area contributed by atoms with E-state index in [1.807, 2.05) is 12.1 Å². The summed E-state index contributed by atoms with van der Waals surface area (Å²) in [4.78, 5) is 10.9. The fourth-order valence-electron chi connectivity index (χ4n) is 2.32. The van der Waals surface area contributed by atoms with Crippen molar-refractivity contribution in [3.63, 3.8) is 0 Å². The molecule has 6 heteroatoms. The highest BCUT2D eigenvalue weighted by molar-refractivity contribution is 6.33. The molecule has 2 rings (SSSR count). The molecule has 0 heterocycles. The van der Waals surface area contributed by atoms with Gasteiger partial charge in [0.15, 0.2) is 0 Å². The zero-order valence-electron chi connectivity index (χ0n) is 12.2. The average molecular weight is 351 g/mol. The van der Waals surface area contributed by atoms with Gasteiger partial charge in [0.25, 0.3) is 0 Å². The molecule has 0 bridgehead atoms. The summed E-state index contributed by atoms with van der Waals surface area (Å²) in [5, 5.41) is 18.5. The topological polar surface area (TPSA) is 87.1 Å². The summed E-state index contributed by atoms with van der Waals surface area (Å²) in [6.45, 7) is 0.242. The lowest BCUT2D eigenvalue weighted by Crippen LogP contribution is -2.16. The molecule has 0 unspecified atom stereocenters. The molecule has 120 valence electrons. The molecule has 0 saturated carbocycles. The van der Waals surface area contributed by atoms with Crippen molar-refractivity contribution in [2.45, 2.75) is 12.3 Å². The Morgan fingerprint density at radius 1 is 1.30 bits per heavy atom. The minimum absolute atomic E-state index is 0. The van der Waals surface area contributed by atoms with Crippen LogP contribution in [0, 0.1) is 11.3 Å². The van der Waals surface area contributed by atoms with Gasteiger partial charge in [0.05, 0.1) is 18.1 Å². The van der Waals surface area contributed by atoms with Crippen LogP contribution in [0.25, 0.3) is 11.1 Å². The van der Waals surface area contributed by atoms with E-state index in [1.54, 1.807) is 30.3 Å². The molecule has 0 saturated heterocycles. The molecule has 1 atom stereocenters. The second-order valence-corrected chi connectivity index (χ2v) is 5.37. The van der Waals surface area contributed by atoms with E-state index in [-0.39, 0.29) is 31.3 Å². The normalized spacial score (nSPS) is 11.2. The zero-order chi connectivity index (χ0) is 16.1. The number of carbonyl (C=O) groups is 1. The Morgan fingerprint density at radius 2 is 2.04 bits per heavy atom. The second-order valence-electron chi connectivity index (χ2n) is 4.96. The summed E-state index contributed by atoms with van der Waals surface area (Å²) in [6.07, 6.45) is -0.0319. The molecule has 0 amide bonds. The maximum absolute atomic E-state index is 10.9. The third-order valence-electron chi connectivity index (χ3n) is 3.47. The van der Waals surface area contributed by atoms with Crippen molar-refractivity contribution in [1.29, 1.82) is 5.26 Å². The third-order valence-corrected chi connectivity index (χ3v) is 3.80. The summed E-state index contributed by atoms with van der Waals surface area (Å²) in [5.74, 6) is -1.16. The van der Waals surface area contributed by atoms with Gasteiger partial charge in [-0.2, -0.15) is 5.26 Å². The lowest BCUT2D eigenvalue weighted by atomic mass is 9.92. The van der Waals surface area contributed by atoms with Crippen LogP contribution in [0.2, 0.25) is 5.02 Å². The first kappa shape index (κ1) is 19.0. The number of carboxylic acid groups (broad SMARTS) is 1. The molecule has 0 aliphatic rings. The van der Waals surface area contributed by atoms with Crippen molar-refractivity contribution in [3.05, 3.63) is 58.6 Å². The number of aliphatic carboxylic acids is 1. The van der Waals surface area contributed by atoms with Gasteiger partial charge < -0.3 is 10.8 Å². The number of nitrogens with two attached hydrogens (primary N) is 1. The monoisotopic (exact) mass is 350 g/mol. The first-order valence-corrected chi connectivity index (χ1v) is 7.14. The standard InChI is InChI=1S/C17H15ClN2O2.ClH/c18-16-5-4-12(14(10-20)8-17(21)22)7-15(16)13-3-1-2-11(6-13)9-19;/h1-7,14H,8,10,20H2,(H,21,22);1H/t14-;/m1./s1. The SMILES string of the molecule is Cl.N#Cc1cccc(-c2cc([C@@H](CN)CC(=O)O)ccc2Cl)c1. The van der Waals surface area contributed by atoms with E-state index in [0.29, 0.717) is 10.6 Å². The number of nitriles is 1. The van der Waals surface area contributed by atoms with Gasteiger partial charge in [0.2, 0.25) is 0 Å². The van der Waals surface area contributed by atoms with Crippen molar-refractivity contribution in [2.24, 2.45) is 5.73 Å². The Hall–Kier alpha value is -2.06. The molecular weight excluding hydrogens is 335 g/mol. The third kappa shape index (κ3) is 4.70. The number of hydrogen-bond donors (Lipinski definition) is 2. The van der Waals surface area contributed by atoms with Crippen molar-refractivity contribution < 1.29 is 9.90 Å². The maximum Gasteiger partial charge on any atom is 0.304 e. The van der Waals surface area contributed by atoms with Gasteiger partial charge in [-0.3, -0.25) is 4.79 Å². The van der Waals surface area contributed by atoms with Crippen LogP contribution in [-0.4, -0.2) is 17.6 Å². The first-order valence-electron chi connectivity index (χ1n) is 6.77. The van der Waals surface area contributed by atoms with E-state index in [4.69, 9.17) is 27.7 Å². The average Bonchev–Trinajstić information content (AvgIpc) is 2.53. The lowest BCUT2D eigenvalue weighted by molar-refractivity contribution is -0.137. The Labute approximate surface area is 145 Å². The smallest absolute Gasteiger partial charge is 0.304 e. The van der Waals surface area contributed by atoms with Crippen LogP contribution in [0.4, 0.5) is 0 Å². The van der Waals surface area contributed by atoms with Crippen molar-refractivity contribution in [3.8, 4) is 17.2 Å². The Kier molecular flexibility index (Phi) is 7.05. The van der Waals surface area contributed by atoms with Crippen molar-refractivity contribution in [2.75, 3.05) is 6.54 Å². The maximum atomic E-state index is 10.9. The largest absolute Gasteiger partial charge is 0.481 e. The molecule has 2 aromatic rings. The first-order chi connectivity index (χ1) is 10.5. The number of benzene rings is 2. The van der Waals surface area contributed by atoms with Gasteiger partial charge in [-0.1, -0.05) is 29.8 Å². The fourth-order valence-corrected chi connectivity index (χ4v) is 2.55. The number of hydrogen-bond acceptors (Lipinski definition) is 3. The van der Waals surface area contributed by atoms with Crippen LogP contribution < -0.4 is 5.73 Å². The van der Waals surface area contributed by atoms with Gasteiger partial charge in [0, 0.05) is 16.5 Å². The van der Waals surface area contributed by atoms with E-state index in [0.717, 1.165) is 16.7 Å². The number of halogens is 2. The number of rotatable bonds is 5. The number of nitrogens with zero attached hydrogens (tertiary/aromatic N) is 1. The minimum Gasteiger partial charge on any atom is -0.481 e. The highest BCUT2D eigenvalue weighted by atomic mass is 35.5. The Bertz CT molecular complexity index is 742. The van der Waals surface area contributed by atoms with Gasteiger partial charge >= 0.3 is 5.97 Å². The predicted molar refractivity (Wildman–Crippen MR) is 92.9 cm³/mol. The molecule has 23 heavy (non-hydrogen) atoms.